The Kier molecular flexibility index (Phi) is 7.65. The van der Waals surface area contributed by atoms with E-state index in [4.69, 9.17) is 0 Å². The molecule has 0 unspecified atom stereocenters. The highest BCUT2D eigenvalue weighted by atomic mass is 32.2. The molecule has 44 heavy (non-hydrogen) atoms. The quantitative estimate of drug-likeness (QED) is 0.258. The zero-order chi connectivity index (χ0) is 31.2. The van der Waals surface area contributed by atoms with Crippen LogP contribution in [0.4, 0.5) is 29.6 Å². The number of anilines is 2. The lowest BCUT2D eigenvalue weighted by atomic mass is 10.0. The number of sulfonamides is 1. The minimum Gasteiger partial charge on any atom is -0.465 e. The number of halogens is 3. The molecule has 2 fully saturated rings. The molecule has 0 bridgehead atoms. The van der Waals surface area contributed by atoms with Gasteiger partial charge in [-0.05, 0) is 36.6 Å². The van der Waals surface area contributed by atoms with Crippen LogP contribution in [0, 0.1) is 11.6 Å². The van der Waals surface area contributed by atoms with E-state index in [1.54, 1.807) is 30.3 Å². The number of carbonyl (C=O) groups is 1. The normalized spacial score (nSPS) is 18.8. The molecule has 1 saturated carbocycles. The third-order valence-electron chi connectivity index (χ3n) is 7.53. The number of likely N-dealkylation sites (tertiary alicyclic amines) is 1. The fraction of sp³-hybridized carbons (Fsp3) is 0.310. The standard InChI is InChI=1S/C29H27F3N6O5S/c30-18-11-19(14-37(13-18)29(40)41)34-28-33-12-17-10-22(27(39)38(20-6-7-20)26(17)35-28)21-8-9-23(25(32)24(21)31)36-44(42,43)15-16-4-2-1-3-5-16/h1-5,8-10,12,18-20,36H,6-7,11,13-15H2,(H,40,41)(H,33,34,35)/t18-,19-/m0/s1. The second-order valence-corrected chi connectivity index (χ2v) is 12.7. The average Bonchev–Trinajstić information content (AvgIpc) is 3.81. The Labute approximate surface area is 249 Å². The predicted molar refractivity (Wildman–Crippen MR) is 157 cm³/mol. The monoisotopic (exact) mass is 628 g/mol. The number of benzene rings is 2. The van der Waals surface area contributed by atoms with Gasteiger partial charge in [-0.25, -0.2) is 31.4 Å². The van der Waals surface area contributed by atoms with Gasteiger partial charge in [0.25, 0.3) is 5.56 Å². The minimum absolute atomic E-state index is 0.0226. The molecule has 1 aliphatic heterocycles. The van der Waals surface area contributed by atoms with Crippen LogP contribution in [0.3, 0.4) is 0 Å². The van der Waals surface area contributed by atoms with Gasteiger partial charge in [-0.1, -0.05) is 30.3 Å². The lowest BCUT2D eigenvalue weighted by Crippen LogP contribution is -2.49. The largest absolute Gasteiger partial charge is 0.465 e. The molecule has 6 rings (SSSR count). The number of hydrogen-bond donors (Lipinski definition) is 3. The first-order chi connectivity index (χ1) is 21.0. The van der Waals surface area contributed by atoms with Gasteiger partial charge in [-0.3, -0.25) is 14.1 Å². The molecule has 15 heteroatoms. The third kappa shape index (κ3) is 6.04. The Morgan fingerprint density at radius 2 is 1.80 bits per heavy atom. The van der Waals surface area contributed by atoms with Crippen molar-refractivity contribution in [2.75, 3.05) is 23.1 Å². The van der Waals surface area contributed by atoms with Crippen LogP contribution in [0.1, 0.15) is 30.9 Å². The highest BCUT2D eigenvalue weighted by molar-refractivity contribution is 7.91. The van der Waals surface area contributed by atoms with Crippen molar-refractivity contribution >= 4 is 38.8 Å². The van der Waals surface area contributed by atoms with E-state index in [0.29, 0.717) is 23.8 Å². The van der Waals surface area contributed by atoms with E-state index in [1.807, 2.05) is 0 Å². The fourth-order valence-electron chi connectivity index (χ4n) is 5.37. The molecule has 0 spiro atoms. The molecule has 2 aliphatic rings. The number of piperidine rings is 1. The van der Waals surface area contributed by atoms with Gasteiger partial charge in [0.1, 0.15) is 11.8 Å². The van der Waals surface area contributed by atoms with Crippen LogP contribution in [-0.4, -0.2) is 64.4 Å². The van der Waals surface area contributed by atoms with E-state index >= 15 is 8.78 Å². The summed E-state index contributed by atoms with van der Waals surface area (Å²) in [7, 11) is -4.07. The lowest BCUT2D eigenvalue weighted by Gasteiger charge is -2.33. The molecule has 1 aliphatic carbocycles. The summed E-state index contributed by atoms with van der Waals surface area (Å²) >= 11 is 0. The fourth-order valence-corrected chi connectivity index (χ4v) is 6.56. The number of alkyl halides is 1. The van der Waals surface area contributed by atoms with Crippen LogP contribution in [-0.2, 0) is 15.8 Å². The van der Waals surface area contributed by atoms with Gasteiger partial charge in [0.2, 0.25) is 16.0 Å². The van der Waals surface area contributed by atoms with Crippen LogP contribution in [0.2, 0.25) is 0 Å². The number of nitrogens with one attached hydrogen (secondary N) is 2. The zero-order valence-electron chi connectivity index (χ0n) is 23.1. The first-order valence-corrected chi connectivity index (χ1v) is 15.5. The topological polar surface area (TPSA) is 147 Å². The average molecular weight is 629 g/mol. The molecule has 11 nitrogen and oxygen atoms in total. The van der Waals surface area contributed by atoms with Gasteiger partial charge in [0, 0.05) is 42.2 Å². The van der Waals surface area contributed by atoms with Crippen molar-refractivity contribution < 1.29 is 31.5 Å². The molecule has 230 valence electrons. The van der Waals surface area contributed by atoms with Gasteiger partial charge in [-0.15, -0.1) is 0 Å². The van der Waals surface area contributed by atoms with Gasteiger partial charge in [0.05, 0.1) is 23.5 Å². The zero-order valence-corrected chi connectivity index (χ0v) is 23.9. The summed E-state index contributed by atoms with van der Waals surface area (Å²) in [6.07, 6.45) is 0.134. The predicted octanol–water partition coefficient (Wildman–Crippen LogP) is 4.52. The summed E-state index contributed by atoms with van der Waals surface area (Å²) in [5.74, 6) is -3.24. The van der Waals surface area contributed by atoms with Crippen molar-refractivity contribution in [3.05, 3.63) is 82.3 Å². The molecule has 1 amide bonds. The SMILES string of the molecule is O=C(O)N1C[C@@H](F)C[C@H](Nc2ncc3cc(-c4ccc(NS(=O)(=O)Cc5ccccc5)c(F)c4F)c(=O)n(C4CC4)c3n2)C1. The molecule has 4 aromatic rings. The van der Waals surface area contributed by atoms with E-state index in [2.05, 4.69) is 20.0 Å². The van der Waals surface area contributed by atoms with Crippen molar-refractivity contribution in [2.24, 2.45) is 0 Å². The van der Waals surface area contributed by atoms with Crippen LogP contribution in [0.15, 0.2) is 59.5 Å². The summed E-state index contributed by atoms with van der Waals surface area (Å²) in [4.78, 5) is 34.7. The van der Waals surface area contributed by atoms with Crippen LogP contribution < -0.4 is 15.6 Å². The van der Waals surface area contributed by atoms with Crippen LogP contribution >= 0.6 is 0 Å². The van der Waals surface area contributed by atoms with Crippen molar-refractivity contribution in [3.63, 3.8) is 0 Å². The van der Waals surface area contributed by atoms with Crippen molar-refractivity contribution in [2.45, 2.75) is 43.3 Å². The van der Waals surface area contributed by atoms with E-state index in [1.165, 1.54) is 16.8 Å². The van der Waals surface area contributed by atoms with E-state index in [9.17, 15) is 27.5 Å². The summed E-state index contributed by atoms with van der Waals surface area (Å²) in [6, 6.07) is 10.9. The molecular weight excluding hydrogens is 601 g/mol. The Bertz CT molecular complexity index is 1920. The number of nitrogens with zero attached hydrogens (tertiary/aromatic N) is 4. The Morgan fingerprint density at radius 1 is 1.05 bits per heavy atom. The third-order valence-corrected chi connectivity index (χ3v) is 8.77. The maximum absolute atomic E-state index is 15.4. The number of amides is 1. The van der Waals surface area contributed by atoms with E-state index in [0.717, 1.165) is 17.0 Å². The minimum atomic E-state index is -4.07. The smallest absolute Gasteiger partial charge is 0.407 e. The first-order valence-electron chi connectivity index (χ1n) is 13.8. The molecule has 3 N–H and O–H groups in total. The molecule has 1 saturated heterocycles. The van der Waals surface area contributed by atoms with Crippen molar-refractivity contribution in [1.82, 2.24) is 19.4 Å². The summed E-state index contributed by atoms with van der Waals surface area (Å²) in [6.45, 7) is -0.206. The first kappa shape index (κ1) is 29.4. The molecule has 0 radical (unpaired) electrons. The Hall–Kier alpha value is -4.66. The number of hydrogen-bond acceptors (Lipinski definition) is 7. The maximum atomic E-state index is 15.4. The molecule has 2 atom stereocenters. The van der Waals surface area contributed by atoms with E-state index in [-0.39, 0.29) is 48.3 Å². The molecule has 2 aromatic carbocycles. The molecule has 2 aromatic heterocycles. The lowest BCUT2D eigenvalue weighted by molar-refractivity contribution is 0.102. The Morgan fingerprint density at radius 3 is 2.50 bits per heavy atom. The summed E-state index contributed by atoms with van der Waals surface area (Å²) in [5, 5.41) is 12.6. The Balaban J connectivity index is 1.32. The van der Waals surface area contributed by atoms with E-state index < -0.39 is 57.0 Å². The number of pyridine rings is 1. The van der Waals surface area contributed by atoms with Crippen LogP contribution in [0.5, 0.6) is 0 Å². The number of rotatable bonds is 8. The number of fused-ring (bicyclic) bond motifs is 1. The number of carboxylic acid groups (broad SMARTS) is 1. The van der Waals surface area contributed by atoms with Crippen molar-refractivity contribution in [1.29, 1.82) is 0 Å². The molecular formula is C29H27F3N6O5S. The maximum Gasteiger partial charge on any atom is 0.407 e. The van der Waals surface area contributed by atoms with Gasteiger partial charge >= 0.3 is 6.09 Å². The highest BCUT2D eigenvalue weighted by Gasteiger charge is 2.32. The summed E-state index contributed by atoms with van der Waals surface area (Å²) < 4.78 is 73.5. The number of aromatic nitrogens is 3. The second-order valence-electron chi connectivity index (χ2n) is 10.9. The van der Waals surface area contributed by atoms with Gasteiger partial charge in [0.15, 0.2) is 11.6 Å². The second kappa shape index (κ2) is 11.4. The van der Waals surface area contributed by atoms with Crippen LogP contribution in [0.25, 0.3) is 22.2 Å². The van der Waals surface area contributed by atoms with Crippen molar-refractivity contribution in [3.8, 4) is 11.1 Å². The highest BCUT2D eigenvalue weighted by Crippen LogP contribution is 2.37. The molecule has 3 heterocycles. The van der Waals surface area contributed by atoms with Gasteiger partial charge in [-0.2, -0.15) is 4.98 Å². The van der Waals surface area contributed by atoms with Gasteiger partial charge < -0.3 is 15.3 Å². The summed E-state index contributed by atoms with van der Waals surface area (Å²) in [5.41, 5.74) is -1.05.